The SMILES string of the molecule is CCC(C)Nc1ncnc(Nc2ccc(OC)cc2OC)c1[N+](=O)[O-]. The van der Waals surface area contributed by atoms with Crippen molar-refractivity contribution in [3.8, 4) is 11.5 Å². The van der Waals surface area contributed by atoms with E-state index in [1.165, 1.54) is 13.4 Å². The van der Waals surface area contributed by atoms with Gasteiger partial charge >= 0.3 is 5.69 Å². The fourth-order valence-electron chi connectivity index (χ4n) is 2.11. The molecule has 0 saturated carbocycles. The summed E-state index contributed by atoms with van der Waals surface area (Å²) in [7, 11) is 3.05. The van der Waals surface area contributed by atoms with Crippen molar-refractivity contribution in [2.24, 2.45) is 0 Å². The first kappa shape index (κ1) is 18.2. The standard InChI is InChI=1S/C16H21N5O4/c1-5-10(2)19-15-14(21(22)23)16(18-9-17-15)20-12-7-6-11(24-3)8-13(12)25-4/h6-10H,5H2,1-4H3,(H2,17,18,19,20). The number of hydrogen-bond acceptors (Lipinski definition) is 8. The van der Waals surface area contributed by atoms with Gasteiger partial charge in [0.05, 0.1) is 24.8 Å². The molecule has 9 nitrogen and oxygen atoms in total. The summed E-state index contributed by atoms with van der Waals surface area (Å²) in [6.45, 7) is 3.90. The molecule has 0 amide bonds. The van der Waals surface area contributed by atoms with Crippen LogP contribution < -0.4 is 20.1 Å². The van der Waals surface area contributed by atoms with Crippen LogP contribution in [0.25, 0.3) is 0 Å². The van der Waals surface area contributed by atoms with Crippen molar-refractivity contribution in [2.75, 3.05) is 24.9 Å². The van der Waals surface area contributed by atoms with Crippen LogP contribution in [0.2, 0.25) is 0 Å². The quantitative estimate of drug-likeness (QED) is 0.552. The van der Waals surface area contributed by atoms with Crippen molar-refractivity contribution in [2.45, 2.75) is 26.3 Å². The van der Waals surface area contributed by atoms with Gasteiger partial charge in [0.25, 0.3) is 0 Å². The number of aromatic nitrogens is 2. The van der Waals surface area contributed by atoms with Crippen molar-refractivity contribution in [3.05, 3.63) is 34.6 Å². The zero-order chi connectivity index (χ0) is 18.4. The maximum atomic E-state index is 11.6. The largest absolute Gasteiger partial charge is 0.497 e. The first-order valence-electron chi connectivity index (χ1n) is 7.75. The summed E-state index contributed by atoms with van der Waals surface area (Å²) in [4.78, 5) is 19.1. The third-order valence-electron chi connectivity index (χ3n) is 3.66. The number of nitro groups is 1. The van der Waals surface area contributed by atoms with Gasteiger partial charge in [-0.3, -0.25) is 10.1 Å². The maximum Gasteiger partial charge on any atom is 0.353 e. The molecule has 0 aliphatic rings. The number of rotatable bonds is 8. The van der Waals surface area contributed by atoms with Crippen LogP contribution >= 0.6 is 0 Å². The Labute approximate surface area is 145 Å². The zero-order valence-corrected chi connectivity index (χ0v) is 14.6. The Bertz CT molecular complexity index is 753. The molecular weight excluding hydrogens is 326 g/mol. The summed E-state index contributed by atoms with van der Waals surface area (Å²) in [6.07, 6.45) is 2.08. The van der Waals surface area contributed by atoms with Gasteiger partial charge in [0.15, 0.2) is 0 Å². The predicted molar refractivity (Wildman–Crippen MR) is 94.9 cm³/mol. The van der Waals surface area contributed by atoms with E-state index in [9.17, 15) is 10.1 Å². The van der Waals surface area contributed by atoms with Crippen molar-refractivity contribution >= 4 is 23.0 Å². The number of anilines is 3. The van der Waals surface area contributed by atoms with Gasteiger partial charge < -0.3 is 20.1 Å². The first-order chi connectivity index (χ1) is 12.0. The van der Waals surface area contributed by atoms with Gasteiger partial charge in [-0.1, -0.05) is 6.92 Å². The molecule has 0 saturated heterocycles. The van der Waals surface area contributed by atoms with Crippen LogP contribution in [-0.4, -0.2) is 35.2 Å². The number of benzene rings is 1. The van der Waals surface area contributed by atoms with Crippen LogP contribution in [-0.2, 0) is 0 Å². The molecule has 1 unspecified atom stereocenters. The molecule has 1 aromatic heterocycles. The smallest absolute Gasteiger partial charge is 0.353 e. The van der Waals surface area contributed by atoms with Gasteiger partial charge in [-0.15, -0.1) is 0 Å². The molecule has 0 fully saturated rings. The first-order valence-corrected chi connectivity index (χ1v) is 7.75. The Kier molecular flexibility index (Phi) is 5.93. The molecule has 2 N–H and O–H groups in total. The van der Waals surface area contributed by atoms with Gasteiger partial charge in [-0.25, -0.2) is 9.97 Å². The molecule has 0 radical (unpaired) electrons. The summed E-state index contributed by atoms with van der Waals surface area (Å²) < 4.78 is 10.4. The fourth-order valence-corrected chi connectivity index (χ4v) is 2.11. The number of ether oxygens (including phenoxy) is 2. The average Bonchev–Trinajstić information content (AvgIpc) is 2.61. The minimum Gasteiger partial charge on any atom is -0.497 e. The maximum absolute atomic E-state index is 11.6. The van der Waals surface area contributed by atoms with Gasteiger partial charge in [0, 0.05) is 12.1 Å². The molecule has 0 aliphatic heterocycles. The van der Waals surface area contributed by atoms with Crippen LogP contribution in [0.1, 0.15) is 20.3 Å². The van der Waals surface area contributed by atoms with E-state index in [0.29, 0.717) is 17.2 Å². The lowest BCUT2D eigenvalue weighted by Crippen LogP contribution is -2.16. The van der Waals surface area contributed by atoms with E-state index in [4.69, 9.17) is 9.47 Å². The minimum atomic E-state index is -0.511. The second-order valence-electron chi connectivity index (χ2n) is 5.32. The van der Waals surface area contributed by atoms with Crippen molar-refractivity contribution in [3.63, 3.8) is 0 Å². The highest BCUT2D eigenvalue weighted by atomic mass is 16.6. The molecule has 134 valence electrons. The van der Waals surface area contributed by atoms with Gasteiger partial charge in [-0.2, -0.15) is 0 Å². The summed E-state index contributed by atoms with van der Waals surface area (Å²) >= 11 is 0. The van der Waals surface area contributed by atoms with E-state index in [1.807, 2.05) is 13.8 Å². The van der Waals surface area contributed by atoms with Crippen molar-refractivity contribution in [1.29, 1.82) is 0 Å². The lowest BCUT2D eigenvalue weighted by Gasteiger charge is -2.15. The van der Waals surface area contributed by atoms with Gasteiger partial charge in [-0.05, 0) is 25.5 Å². The highest BCUT2D eigenvalue weighted by Gasteiger charge is 2.24. The second kappa shape index (κ2) is 8.13. The zero-order valence-electron chi connectivity index (χ0n) is 14.6. The summed E-state index contributed by atoms with van der Waals surface area (Å²) in [5.74, 6) is 1.33. The van der Waals surface area contributed by atoms with E-state index < -0.39 is 4.92 Å². The van der Waals surface area contributed by atoms with Crippen molar-refractivity contribution in [1.82, 2.24) is 9.97 Å². The van der Waals surface area contributed by atoms with Gasteiger partial charge in [0.2, 0.25) is 11.6 Å². The van der Waals surface area contributed by atoms with Crippen molar-refractivity contribution < 1.29 is 14.4 Å². The summed E-state index contributed by atoms with van der Waals surface area (Å²) in [6, 6.07) is 5.13. The van der Waals surface area contributed by atoms with E-state index in [0.717, 1.165) is 6.42 Å². The Morgan fingerprint density at radius 2 is 1.96 bits per heavy atom. The molecule has 0 spiro atoms. The lowest BCUT2D eigenvalue weighted by atomic mass is 10.2. The number of hydrogen-bond donors (Lipinski definition) is 2. The normalized spacial score (nSPS) is 11.5. The molecule has 25 heavy (non-hydrogen) atoms. The van der Waals surface area contributed by atoms with E-state index in [1.54, 1.807) is 25.3 Å². The Morgan fingerprint density at radius 1 is 1.24 bits per heavy atom. The van der Waals surface area contributed by atoms with Crippen LogP contribution in [0.5, 0.6) is 11.5 Å². The minimum absolute atomic E-state index is 0.0389. The number of methoxy groups -OCH3 is 2. The molecule has 9 heteroatoms. The Morgan fingerprint density at radius 3 is 2.56 bits per heavy atom. The molecule has 0 aliphatic carbocycles. The van der Waals surface area contributed by atoms with Crippen LogP contribution in [0, 0.1) is 10.1 Å². The molecule has 2 aromatic rings. The topological polar surface area (TPSA) is 111 Å². The van der Waals surface area contributed by atoms with E-state index in [2.05, 4.69) is 20.6 Å². The Balaban J connectivity index is 2.42. The summed E-state index contributed by atoms with van der Waals surface area (Å²) in [5, 5.41) is 17.5. The molecule has 1 atom stereocenters. The lowest BCUT2D eigenvalue weighted by molar-refractivity contribution is -0.383. The van der Waals surface area contributed by atoms with Crippen LogP contribution in [0.3, 0.4) is 0 Å². The van der Waals surface area contributed by atoms with Crippen LogP contribution in [0.15, 0.2) is 24.5 Å². The Hall–Kier alpha value is -3.10. The third kappa shape index (κ3) is 4.25. The monoisotopic (exact) mass is 347 g/mol. The summed E-state index contributed by atoms with van der Waals surface area (Å²) in [5.41, 5.74) is 0.306. The number of nitrogens with zero attached hydrogens (tertiary/aromatic N) is 3. The van der Waals surface area contributed by atoms with E-state index in [-0.39, 0.29) is 23.4 Å². The molecule has 1 heterocycles. The highest BCUT2D eigenvalue weighted by Crippen LogP contribution is 2.36. The molecular formula is C16H21N5O4. The predicted octanol–water partition coefficient (Wildman–Crippen LogP) is 3.36. The molecule has 0 bridgehead atoms. The molecule has 1 aromatic carbocycles. The van der Waals surface area contributed by atoms with Crippen LogP contribution in [0.4, 0.5) is 23.0 Å². The fraction of sp³-hybridized carbons (Fsp3) is 0.375. The third-order valence-corrected chi connectivity index (χ3v) is 3.66. The van der Waals surface area contributed by atoms with E-state index >= 15 is 0 Å². The second-order valence-corrected chi connectivity index (χ2v) is 5.32. The average molecular weight is 347 g/mol. The highest BCUT2D eigenvalue weighted by molar-refractivity contribution is 5.76. The van der Waals surface area contributed by atoms with Gasteiger partial charge in [0.1, 0.15) is 17.8 Å². The molecule has 2 rings (SSSR count). The number of nitrogens with one attached hydrogen (secondary N) is 2.